The SMILES string of the molecule is CN(c1cccc(C(=O)N2CC(=O)Nc3ccccc32)c1)S(=O)(=O)c1ccccc1. The lowest BCUT2D eigenvalue weighted by atomic mass is 10.1. The lowest BCUT2D eigenvalue weighted by Gasteiger charge is -2.29. The Balaban J connectivity index is 1.67. The molecule has 1 aliphatic rings. The predicted octanol–water partition coefficient (Wildman–Crippen LogP) is 3.11. The van der Waals surface area contributed by atoms with E-state index in [-0.39, 0.29) is 28.8 Å². The fourth-order valence-electron chi connectivity index (χ4n) is 3.29. The van der Waals surface area contributed by atoms with E-state index < -0.39 is 10.0 Å². The molecule has 0 spiro atoms. The highest BCUT2D eigenvalue weighted by atomic mass is 32.2. The molecule has 0 atom stereocenters. The summed E-state index contributed by atoms with van der Waals surface area (Å²) in [7, 11) is -2.33. The van der Waals surface area contributed by atoms with Crippen LogP contribution < -0.4 is 14.5 Å². The van der Waals surface area contributed by atoms with E-state index in [0.717, 1.165) is 4.31 Å². The van der Waals surface area contributed by atoms with Crippen molar-refractivity contribution in [3.8, 4) is 0 Å². The van der Waals surface area contributed by atoms with Gasteiger partial charge in [0.05, 0.1) is 22.0 Å². The maximum absolute atomic E-state index is 13.2. The number of carbonyl (C=O) groups excluding carboxylic acids is 2. The highest BCUT2D eigenvalue weighted by Crippen LogP contribution is 2.31. The summed E-state index contributed by atoms with van der Waals surface area (Å²) in [6, 6.07) is 21.5. The van der Waals surface area contributed by atoms with Gasteiger partial charge in [-0.05, 0) is 42.5 Å². The summed E-state index contributed by atoms with van der Waals surface area (Å²) < 4.78 is 26.9. The van der Waals surface area contributed by atoms with Crippen LogP contribution in [0.3, 0.4) is 0 Å². The fraction of sp³-hybridized carbons (Fsp3) is 0.0909. The van der Waals surface area contributed by atoms with Crippen molar-refractivity contribution < 1.29 is 18.0 Å². The summed E-state index contributed by atoms with van der Waals surface area (Å²) in [5.41, 5.74) is 1.78. The summed E-state index contributed by atoms with van der Waals surface area (Å²) in [6.45, 7) is -0.113. The Morgan fingerprint density at radius 1 is 0.967 bits per heavy atom. The summed E-state index contributed by atoms with van der Waals surface area (Å²) in [6.07, 6.45) is 0. The fourth-order valence-corrected chi connectivity index (χ4v) is 4.50. The Bertz CT molecular complexity index is 1230. The number of hydrogen-bond acceptors (Lipinski definition) is 4. The maximum atomic E-state index is 13.2. The first-order valence-electron chi connectivity index (χ1n) is 9.23. The van der Waals surface area contributed by atoms with Gasteiger partial charge < -0.3 is 5.32 Å². The minimum Gasteiger partial charge on any atom is -0.323 e. The topological polar surface area (TPSA) is 86.8 Å². The molecular weight excluding hydrogens is 402 g/mol. The molecule has 30 heavy (non-hydrogen) atoms. The molecule has 0 aliphatic carbocycles. The molecule has 7 nitrogen and oxygen atoms in total. The van der Waals surface area contributed by atoms with Crippen molar-refractivity contribution in [1.29, 1.82) is 0 Å². The molecular formula is C22H19N3O4S. The number of hydrogen-bond donors (Lipinski definition) is 1. The van der Waals surface area contributed by atoms with Crippen LogP contribution in [0.4, 0.5) is 17.1 Å². The van der Waals surface area contributed by atoms with E-state index >= 15 is 0 Å². The standard InChI is InChI=1S/C22H19N3O4S/c1-24(30(28,29)18-10-3-2-4-11-18)17-9-7-8-16(14-17)22(27)25-15-21(26)23-19-12-5-6-13-20(19)25/h2-14H,15H2,1H3,(H,23,26). The van der Waals surface area contributed by atoms with Crippen molar-refractivity contribution >= 4 is 38.9 Å². The summed E-state index contributed by atoms with van der Waals surface area (Å²) in [5.74, 6) is -0.674. The number of para-hydroxylation sites is 2. The van der Waals surface area contributed by atoms with Crippen LogP contribution in [0.2, 0.25) is 0 Å². The number of fused-ring (bicyclic) bond motifs is 1. The molecule has 1 aliphatic heterocycles. The van der Waals surface area contributed by atoms with Crippen LogP contribution in [0.1, 0.15) is 10.4 Å². The zero-order valence-corrected chi connectivity index (χ0v) is 17.0. The quantitative estimate of drug-likeness (QED) is 0.701. The third-order valence-electron chi connectivity index (χ3n) is 4.87. The van der Waals surface area contributed by atoms with Crippen molar-refractivity contribution in [3.05, 3.63) is 84.4 Å². The molecule has 0 aromatic heterocycles. The highest BCUT2D eigenvalue weighted by molar-refractivity contribution is 7.92. The Hall–Kier alpha value is -3.65. The minimum atomic E-state index is -3.77. The number of anilines is 3. The van der Waals surface area contributed by atoms with Gasteiger partial charge in [0, 0.05) is 12.6 Å². The van der Waals surface area contributed by atoms with E-state index in [1.54, 1.807) is 60.7 Å². The van der Waals surface area contributed by atoms with Crippen molar-refractivity contribution in [2.75, 3.05) is 28.1 Å². The molecule has 1 N–H and O–H groups in total. The Kier molecular flexibility index (Phi) is 5.01. The monoisotopic (exact) mass is 421 g/mol. The van der Waals surface area contributed by atoms with E-state index in [4.69, 9.17) is 0 Å². The van der Waals surface area contributed by atoms with E-state index in [2.05, 4.69) is 5.32 Å². The summed E-state index contributed by atoms with van der Waals surface area (Å²) in [5, 5.41) is 2.74. The maximum Gasteiger partial charge on any atom is 0.264 e. The summed E-state index contributed by atoms with van der Waals surface area (Å²) >= 11 is 0. The molecule has 0 saturated carbocycles. The third-order valence-corrected chi connectivity index (χ3v) is 6.67. The zero-order chi connectivity index (χ0) is 21.3. The molecule has 1 heterocycles. The molecule has 0 unspecified atom stereocenters. The molecule has 0 fully saturated rings. The van der Waals surface area contributed by atoms with Crippen LogP contribution >= 0.6 is 0 Å². The average molecular weight is 421 g/mol. The van der Waals surface area contributed by atoms with Crippen LogP contribution in [-0.2, 0) is 14.8 Å². The first-order valence-corrected chi connectivity index (χ1v) is 10.7. The second-order valence-electron chi connectivity index (χ2n) is 6.79. The van der Waals surface area contributed by atoms with E-state index in [1.165, 1.54) is 30.1 Å². The molecule has 0 bridgehead atoms. The van der Waals surface area contributed by atoms with Gasteiger partial charge in [-0.25, -0.2) is 8.42 Å². The van der Waals surface area contributed by atoms with Crippen LogP contribution in [0, 0.1) is 0 Å². The van der Waals surface area contributed by atoms with Crippen LogP contribution in [-0.4, -0.2) is 33.8 Å². The van der Waals surface area contributed by atoms with Crippen molar-refractivity contribution in [1.82, 2.24) is 0 Å². The van der Waals surface area contributed by atoms with Gasteiger partial charge in [0.2, 0.25) is 5.91 Å². The number of nitrogens with zero attached hydrogens (tertiary/aromatic N) is 2. The van der Waals surface area contributed by atoms with Crippen molar-refractivity contribution in [2.45, 2.75) is 4.90 Å². The molecule has 8 heteroatoms. The number of benzene rings is 3. The van der Waals surface area contributed by atoms with Gasteiger partial charge in [-0.15, -0.1) is 0 Å². The lowest BCUT2D eigenvalue weighted by Crippen LogP contribution is -2.42. The molecule has 3 aromatic carbocycles. The third kappa shape index (κ3) is 3.53. The highest BCUT2D eigenvalue weighted by Gasteiger charge is 2.28. The number of amides is 2. The minimum absolute atomic E-state index is 0.113. The van der Waals surface area contributed by atoms with Crippen LogP contribution in [0.5, 0.6) is 0 Å². The Labute approximate surface area is 174 Å². The van der Waals surface area contributed by atoms with Crippen molar-refractivity contribution in [2.24, 2.45) is 0 Å². The van der Waals surface area contributed by atoms with Gasteiger partial charge in [-0.3, -0.25) is 18.8 Å². The van der Waals surface area contributed by atoms with Gasteiger partial charge in [-0.2, -0.15) is 0 Å². The van der Waals surface area contributed by atoms with Crippen LogP contribution in [0.15, 0.2) is 83.8 Å². The second-order valence-corrected chi connectivity index (χ2v) is 8.76. The second kappa shape index (κ2) is 7.64. The molecule has 0 saturated heterocycles. The number of carbonyl (C=O) groups is 2. The van der Waals surface area contributed by atoms with Crippen LogP contribution in [0.25, 0.3) is 0 Å². The lowest BCUT2D eigenvalue weighted by molar-refractivity contribution is -0.115. The van der Waals surface area contributed by atoms with E-state index in [1.807, 2.05) is 0 Å². The first kappa shape index (κ1) is 19.7. The largest absolute Gasteiger partial charge is 0.323 e. The van der Waals surface area contributed by atoms with Gasteiger partial charge >= 0.3 is 0 Å². The molecule has 2 amide bonds. The van der Waals surface area contributed by atoms with Gasteiger partial charge in [0.1, 0.15) is 6.54 Å². The molecule has 4 rings (SSSR count). The van der Waals surface area contributed by atoms with E-state index in [0.29, 0.717) is 17.1 Å². The summed E-state index contributed by atoms with van der Waals surface area (Å²) in [4.78, 5) is 26.8. The van der Waals surface area contributed by atoms with Crippen molar-refractivity contribution in [3.63, 3.8) is 0 Å². The molecule has 0 radical (unpaired) electrons. The van der Waals surface area contributed by atoms with E-state index in [9.17, 15) is 18.0 Å². The number of nitrogens with one attached hydrogen (secondary N) is 1. The number of rotatable bonds is 4. The van der Waals surface area contributed by atoms with Gasteiger partial charge in [0.15, 0.2) is 0 Å². The normalized spacial score (nSPS) is 13.4. The Morgan fingerprint density at radius 3 is 2.43 bits per heavy atom. The zero-order valence-electron chi connectivity index (χ0n) is 16.1. The molecule has 3 aromatic rings. The predicted molar refractivity (Wildman–Crippen MR) is 115 cm³/mol. The first-order chi connectivity index (χ1) is 14.4. The average Bonchev–Trinajstić information content (AvgIpc) is 2.78. The smallest absolute Gasteiger partial charge is 0.264 e. The number of sulfonamides is 1. The van der Waals surface area contributed by atoms with Gasteiger partial charge in [-0.1, -0.05) is 36.4 Å². The van der Waals surface area contributed by atoms with Gasteiger partial charge in [0.25, 0.3) is 15.9 Å². The Morgan fingerprint density at radius 2 is 1.67 bits per heavy atom. The molecule has 152 valence electrons.